The van der Waals surface area contributed by atoms with Gasteiger partial charge in [0.05, 0.1) is 5.56 Å². The summed E-state index contributed by atoms with van der Waals surface area (Å²) in [5.41, 5.74) is 1.50. The van der Waals surface area contributed by atoms with Crippen LogP contribution in [0.2, 0.25) is 5.02 Å². The minimum absolute atomic E-state index is 0.0325. The van der Waals surface area contributed by atoms with Crippen molar-refractivity contribution in [1.29, 1.82) is 0 Å². The number of halogens is 1. The van der Waals surface area contributed by atoms with Gasteiger partial charge in [-0.2, -0.15) is 0 Å². The Morgan fingerprint density at radius 3 is 2.32 bits per heavy atom. The summed E-state index contributed by atoms with van der Waals surface area (Å²) < 4.78 is 0. The minimum atomic E-state index is -0.142. The lowest BCUT2D eigenvalue weighted by atomic mass is 9.93. The van der Waals surface area contributed by atoms with Crippen molar-refractivity contribution >= 4 is 23.3 Å². The molecule has 2 heterocycles. The zero-order chi connectivity index (χ0) is 21.8. The van der Waals surface area contributed by atoms with Crippen molar-refractivity contribution in [2.45, 2.75) is 32.6 Å². The molecule has 2 aromatic carbocycles. The minimum Gasteiger partial charge on any atom is -0.338 e. The smallest absolute Gasteiger partial charge is 0.254 e. The molecule has 0 saturated carbocycles. The molecule has 2 fully saturated rings. The number of carbonyl (C=O) groups is 2. The van der Waals surface area contributed by atoms with Crippen molar-refractivity contribution in [3.8, 4) is 0 Å². The van der Waals surface area contributed by atoms with Crippen molar-refractivity contribution in [1.82, 2.24) is 9.80 Å². The van der Waals surface area contributed by atoms with Gasteiger partial charge in [-0.1, -0.05) is 36.7 Å². The van der Waals surface area contributed by atoms with Crippen LogP contribution in [0, 0.1) is 11.8 Å². The zero-order valence-electron chi connectivity index (χ0n) is 18.2. The lowest BCUT2D eigenvalue weighted by molar-refractivity contribution is 0.0619. The van der Waals surface area contributed by atoms with E-state index in [4.69, 9.17) is 11.6 Å². The Balaban J connectivity index is 1.46. The molecule has 0 radical (unpaired) electrons. The molecule has 2 saturated heterocycles. The third-order valence-electron chi connectivity index (χ3n) is 6.71. The van der Waals surface area contributed by atoms with E-state index in [1.165, 1.54) is 32.4 Å². The Morgan fingerprint density at radius 1 is 0.935 bits per heavy atom. The van der Waals surface area contributed by atoms with Crippen molar-refractivity contribution in [3.05, 3.63) is 70.2 Å². The first kappa shape index (κ1) is 22.0. The van der Waals surface area contributed by atoms with E-state index in [0.717, 1.165) is 32.0 Å². The van der Waals surface area contributed by atoms with Gasteiger partial charge in [0.25, 0.3) is 5.91 Å². The van der Waals surface area contributed by atoms with Crippen LogP contribution in [0.5, 0.6) is 0 Å². The first-order valence-corrected chi connectivity index (χ1v) is 11.8. The van der Waals surface area contributed by atoms with E-state index in [1.54, 1.807) is 36.4 Å². The molecule has 5 heteroatoms. The second-order valence-electron chi connectivity index (χ2n) is 9.12. The SMILES string of the molecule is CC1CCN(CC2CCCN(C(=O)c3ccccc3C(=O)c3ccc(Cl)cc3)C2)CC1. The first-order chi connectivity index (χ1) is 15.0. The van der Waals surface area contributed by atoms with Crippen molar-refractivity contribution < 1.29 is 9.59 Å². The van der Waals surface area contributed by atoms with Gasteiger partial charge in [-0.25, -0.2) is 0 Å². The van der Waals surface area contributed by atoms with E-state index in [9.17, 15) is 9.59 Å². The van der Waals surface area contributed by atoms with Gasteiger partial charge in [-0.05, 0) is 80.9 Å². The summed E-state index contributed by atoms with van der Waals surface area (Å²) in [6, 6.07) is 14.0. The molecule has 4 nitrogen and oxygen atoms in total. The van der Waals surface area contributed by atoms with Gasteiger partial charge in [-0.15, -0.1) is 0 Å². The Bertz CT molecular complexity index is 919. The average molecular weight is 439 g/mol. The van der Waals surface area contributed by atoms with Gasteiger partial charge in [0.15, 0.2) is 5.78 Å². The fraction of sp³-hybridized carbons (Fsp3) is 0.462. The highest BCUT2D eigenvalue weighted by molar-refractivity contribution is 6.30. The van der Waals surface area contributed by atoms with E-state index in [1.807, 2.05) is 17.0 Å². The second kappa shape index (κ2) is 9.97. The van der Waals surface area contributed by atoms with Crippen molar-refractivity contribution in [3.63, 3.8) is 0 Å². The Hall–Kier alpha value is -2.17. The molecule has 4 rings (SSSR count). The van der Waals surface area contributed by atoms with Crippen LogP contribution in [-0.4, -0.2) is 54.2 Å². The van der Waals surface area contributed by atoms with E-state index in [-0.39, 0.29) is 11.7 Å². The fourth-order valence-electron chi connectivity index (χ4n) is 4.80. The molecule has 2 aromatic rings. The number of amides is 1. The third-order valence-corrected chi connectivity index (χ3v) is 6.96. The summed E-state index contributed by atoms with van der Waals surface area (Å²) in [5, 5.41) is 0.587. The van der Waals surface area contributed by atoms with E-state index in [2.05, 4.69) is 11.8 Å². The molecular weight excluding hydrogens is 408 g/mol. The lowest BCUT2D eigenvalue weighted by Gasteiger charge is -2.38. The molecule has 0 bridgehead atoms. The molecule has 31 heavy (non-hydrogen) atoms. The molecule has 0 aliphatic carbocycles. The van der Waals surface area contributed by atoms with E-state index >= 15 is 0 Å². The number of benzene rings is 2. The molecule has 1 atom stereocenters. The molecule has 1 amide bonds. The molecule has 2 aliphatic rings. The average Bonchev–Trinajstić information content (AvgIpc) is 2.80. The highest BCUT2D eigenvalue weighted by Crippen LogP contribution is 2.24. The van der Waals surface area contributed by atoms with Crippen LogP contribution in [0.15, 0.2) is 48.5 Å². The van der Waals surface area contributed by atoms with Crippen LogP contribution in [-0.2, 0) is 0 Å². The van der Waals surface area contributed by atoms with E-state index < -0.39 is 0 Å². The summed E-state index contributed by atoms with van der Waals surface area (Å²) in [6.45, 7) is 7.28. The zero-order valence-corrected chi connectivity index (χ0v) is 19.0. The lowest BCUT2D eigenvalue weighted by Crippen LogP contribution is -2.45. The molecule has 1 unspecified atom stereocenters. The highest BCUT2D eigenvalue weighted by Gasteiger charge is 2.29. The maximum atomic E-state index is 13.4. The fourth-order valence-corrected chi connectivity index (χ4v) is 4.93. The third kappa shape index (κ3) is 5.36. The van der Waals surface area contributed by atoms with Gasteiger partial charge >= 0.3 is 0 Å². The number of nitrogens with zero attached hydrogens (tertiary/aromatic N) is 2. The number of likely N-dealkylation sites (tertiary alicyclic amines) is 2. The van der Waals surface area contributed by atoms with Crippen molar-refractivity contribution in [2.75, 3.05) is 32.7 Å². The largest absolute Gasteiger partial charge is 0.338 e. The Morgan fingerprint density at radius 2 is 1.61 bits per heavy atom. The van der Waals surface area contributed by atoms with Crippen LogP contribution in [0.25, 0.3) is 0 Å². The number of hydrogen-bond acceptors (Lipinski definition) is 3. The number of ketones is 1. The number of carbonyl (C=O) groups excluding carboxylic acids is 2. The first-order valence-electron chi connectivity index (χ1n) is 11.4. The van der Waals surface area contributed by atoms with Gasteiger partial charge in [0, 0.05) is 35.8 Å². The molecular formula is C26H31ClN2O2. The predicted molar refractivity (Wildman–Crippen MR) is 125 cm³/mol. The molecule has 0 aromatic heterocycles. The van der Waals surface area contributed by atoms with Crippen LogP contribution >= 0.6 is 11.6 Å². The summed E-state index contributed by atoms with van der Waals surface area (Å²) in [5.74, 6) is 1.16. The van der Waals surface area contributed by atoms with Gasteiger partial charge in [-0.3, -0.25) is 9.59 Å². The topological polar surface area (TPSA) is 40.6 Å². The normalized spacial score (nSPS) is 20.6. The Kier molecular flexibility index (Phi) is 7.09. The van der Waals surface area contributed by atoms with Gasteiger partial charge in [0.1, 0.15) is 0 Å². The van der Waals surface area contributed by atoms with Gasteiger partial charge in [0.2, 0.25) is 0 Å². The monoisotopic (exact) mass is 438 g/mol. The van der Waals surface area contributed by atoms with Gasteiger partial charge < -0.3 is 9.80 Å². The Labute approximate surface area is 190 Å². The standard InChI is InChI=1S/C26H31ClN2O2/c1-19-12-15-28(16-13-19)17-20-5-4-14-29(18-20)26(31)24-7-3-2-6-23(24)25(30)21-8-10-22(27)11-9-21/h2-3,6-11,19-20H,4-5,12-18H2,1H3. The molecule has 0 N–H and O–H groups in total. The molecule has 164 valence electrons. The summed E-state index contributed by atoms with van der Waals surface area (Å²) in [6.07, 6.45) is 4.74. The van der Waals surface area contributed by atoms with Crippen LogP contribution in [0.4, 0.5) is 0 Å². The number of hydrogen-bond donors (Lipinski definition) is 0. The van der Waals surface area contributed by atoms with Crippen LogP contribution < -0.4 is 0 Å². The molecule has 0 spiro atoms. The number of piperidine rings is 2. The highest BCUT2D eigenvalue weighted by atomic mass is 35.5. The second-order valence-corrected chi connectivity index (χ2v) is 9.56. The summed E-state index contributed by atoms with van der Waals surface area (Å²) >= 11 is 5.96. The molecule has 2 aliphatic heterocycles. The maximum Gasteiger partial charge on any atom is 0.254 e. The van der Waals surface area contributed by atoms with Crippen LogP contribution in [0.3, 0.4) is 0 Å². The van der Waals surface area contributed by atoms with E-state index in [0.29, 0.717) is 27.6 Å². The maximum absolute atomic E-state index is 13.4. The summed E-state index contributed by atoms with van der Waals surface area (Å²) in [7, 11) is 0. The number of rotatable bonds is 5. The van der Waals surface area contributed by atoms with Crippen LogP contribution in [0.1, 0.15) is 58.9 Å². The summed E-state index contributed by atoms with van der Waals surface area (Å²) in [4.78, 5) is 31.0. The predicted octanol–water partition coefficient (Wildman–Crippen LogP) is 5.16. The quantitative estimate of drug-likeness (QED) is 0.606. The van der Waals surface area contributed by atoms with Crippen molar-refractivity contribution in [2.24, 2.45) is 11.8 Å².